The monoisotopic (exact) mass is 1060 g/mol. The number of nitrogens with one attached hydrogen (secondary N) is 1. The van der Waals surface area contributed by atoms with Gasteiger partial charge in [0.05, 0.1) is 25.4 Å². The van der Waals surface area contributed by atoms with Crippen molar-refractivity contribution in [1.82, 2.24) is 5.32 Å². The van der Waals surface area contributed by atoms with Crippen LogP contribution in [0.1, 0.15) is 380 Å². The average Bonchev–Trinajstić information content (AvgIpc) is 3.41. The van der Waals surface area contributed by atoms with Gasteiger partial charge in [-0.15, -0.1) is 0 Å². The molecule has 0 aromatic heterocycles. The average molecular weight is 1060 g/mol. The van der Waals surface area contributed by atoms with Crippen LogP contribution >= 0.6 is 0 Å². The normalized spacial score (nSPS) is 12.6. The Morgan fingerprint density at radius 2 is 0.627 bits per heavy atom. The van der Waals surface area contributed by atoms with Crippen molar-refractivity contribution < 1.29 is 24.5 Å². The summed E-state index contributed by atoms with van der Waals surface area (Å²) in [7, 11) is 0. The summed E-state index contributed by atoms with van der Waals surface area (Å²) < 4.78 is 5.50. The maximum absolute atomic E-state index is 12.5. The molecule has 0 saturated carbocycles. The molecule has 75 heavy (non-hydrogen) atoms. The summed E-state index contributed by atoms with van der Waals surface area (Å²) in [5, 5.41) is 23.2. The van der Waals surface area contributed by atoms with Gasteiger partial charge in [-0.2, -0.15) is 0 Å². The summed E-state index contributed by atoms with van der Waals surface area (Å²) in [4.78, 5) is 24.6. The number of aliphatic hydroxyl groups excluding tert-OH is 2. The van der Waals surface area contributed by atoms with Crippen LogP contribution < -0.4 is 5.32 Å². The molecule has 0 rings (SSSR count). The molecule has 0 aliphatic carbocycles. The van der Waals surface area contributed by atoms with Gasteiger partial charge >= 0.3 is 5.97 Å². The fraction of sp³-hybridized carbons (Fsp3) is 0.913. The molecule has 0 spiro atoms. The van der Waals surface area contributed by atoms with Crippen LogP contribution in [0.25, 0.3) is 0 Å². The molecule has 0 aromatic rings. The zero-order valence-corrected chi connectivity index (χ0v) is 50.8. The Kier molecular flexibility index (Phi) is 63.4. The Hall–Kier alpha value is -1.66. The number of hydrogen-bond acceptors (Lipinski definition) is 5. The van der Waals surface area contributed by atoms with Crippen LogP contribution in [-0.2, 0) is 14.3 Å². The first-order valence-electron chi connectivity index (χ1n) is 34.1. The maximum atomic E-state index is 12.5. The maximum Gasteiger partial charge on any atom is 0.305 e. The van der Waals surface area contributed by atoms with E-state index >= 15 is 0 Å². The van der Waals surface area contributed by atoms with Gasteiger partial charge in [-0.05, 0) is 57.8 Å². The fourth-order valence-corrected chi connectivity index (χ4v) is 10.7. The molecule has 3 N–H and O–H groups in total. The topological polar surface area (TPSA) is 95.9 Å². The molecule has 2 unspecified atom stereocenters. The van der Waals surface area contributed by atoms with Gasteiger partial charge in [0.1, 0.15) is 0 Å². The van der Waals surface area contributed by atoms with Crippen molar-refractivity contribution >= 4 is 11.9 Å². The second kappa shape index (κ2) is 64.9. The molecular formula is C69H133NO5. The Balaban J connectivity index is 3.39. The number of amides is 1. The van der Waals surface area contributed by atoms with Gasteiger partial charge < -0.3 is 20.3 Å². The lowest BCUT2D eigenvalue weighted by molar-refractivity contribution is -0.143. The van der Waals surface area contributed by atoms with Crippen LogP contribution in [0, 0.1) is 0 Å². The number of esters is 1. The predicted molar refractivity (Wildman–Crippen MR) is 329 cm³/mol. The number of allylic oxidation sites excluding steroid dienone is 3. The standard InChI is InChI=1S/C69H133NO5/c1-3-5-7-9-11-13-15-17-19-21-26-30-33-37-41-45-49-53-57-61-67(72)66(65-71)70-68(73)62-58-54-50-46-42-38-34-31-27-24-22-23-25-28-32-36-40-44-48-52-56-60-64-75-69(74)63-59-55-51-47-43-39-35-29-20-18-16-14-12-10-8-6-4-2/h18,20,57,61,66-67,71-72H,3-17,19,21-56,58-60,62-65H2,1-2H3,(H,70,73)/b20-18-,61-57+. The first-order valence-corrected chi connectivity index (χ1v) is 34.1. The number of carbonyl (C=O) groups is 2. The van der Waals surface area contributed by atoms with E-state index in [0.717, 1.165) is 44.9 Å². The predicted octanol–water partition coefficient (Wildman–Crippen LogP) is 21.8. The van der Waals surface area contributed by atoms with Gasteiger partial charge in [-0.1, -0.05) is 334 Å². The number of carbonyl (C=O) groups excluding carboxylic acids is 2. The largest absolute Gasteiger partial charge is 0.466 e. The summed E-state index contributed by atoms with van der Waals surface area (Å²) in [5.41, 5.74) is 0. The van der Waals surface area contributed by atoms with Gasteiger partial charge in [0.15, 0.2) is 0 Å². The molecule has 0 heterocycles. The number of unbranched alkanes of at least 4 members (excludes halogenated alkanes) is 51. The molecule has 444 valence electrons. The van der Waals surface area contributed by atoms with Gasteiger partial charge in [-0.3, -0.25) is 9.59 Å². The molecule has 0 aliphatic rings. The van der Waals surface area contributed by atoms with E-state index in [1.165, 1.54) is 308 Å². The van der Waals surface area contributed by atoms with Gasteiger partial charge in [0.2, 0.25) is 5.91 Å². The van der Waals surface area contributed by atoms with E-state index in [1.54, 1.807) is 6.08 Å². The van der Waals surface area contributed by atoms with Crippen molar-refractivity contribution in [3.05, 3.63) is 24.3 Å². The SMILES string of the molecule is CCCCCCCC/C=C\CCCCCCCCCC(=O)OCCCCCCCCCCCCCCCCCCCCCCCCC(=O)NC(CO)C(O)/C=C/CCCCCCCCCCCCCCCCCCC. The smallest absolute Gasteiger partial charge is 0.305 e. The van der Waals surface area contributed by atoms with Crippen LogP contribution in [-0.4, -0.2) is 47.4 Å². The minimum absolute atomic E-state index is 0.0101. The minimum Gasteiger partial charge on any atom is -0.466 e. The van der Waals surface area contributed by atoms with Crippen molar-refractivity contribution in [2.45, 2.75) is 392 Å². The Morgan fingerprint density at radius 3 is 0.947 bits per heavy atom. The molecule has 1 amide bonds. The fourth-order valence-electron chi connectivity index (χ4n) is 10.7. The van der Waals surface area contributed by atoms with Crippen molar-refractivity contribution in [3.63, 3.8) is 0 Å². The van der Waals surface area contributed by atoms with Crippen LogP contribution in [0.15, 0.2) is 24.3 Å². The number of aliphatic hydroxyl groups is 2. The highest BCUT2D eigenvalue weighted by Crippen LogP contribution is 2.18. The van der Waals surface area contributed by atoms with Crippen LogP contribution in [0.4, 0.5) is 0 Å². The summed E-state index contributed by atoms with van der Waals surface area (Å²) in [6.07, 6.45) is 80.9. The number of ether oxygens (including phenoxy) is 1. The van der Waals surface area contributed by atoms with E-state index in [4.69, 9.17) is 4.74 Å². The zero-order valence-electron chi connectivity index (χ0n) is 50.8. The number of hydrogen-bond donors (Lipinski definition) is 3. The third-order valence-electron chi connectivity index (χ3n) is 16.0. The van der Waals surface area contributed by atoms with Gasteiger partial charge in [-0.25, -0.2) is 0 Å². The molecule has 0 radical (unpaired) electrons. The van der Waals surface area contributed by atoms with E-state index in [0.29, 0.717) is 19.4 Å². The lowest BCUT2D eigenvalue weighted by Crippen LogP contribution is -2.45. The zero-order chi connectivity index (χ0) is 54.3. The lowest BCUT2D eigenvalue weighted by atomic mass is 10.0. The quantitative estimate of drug-likeness (QED) is 0.0320. The second-order valence-corrected chi connectivity index (χ2v) is 23.5. The Bertz CT molecular complexity index is 1170. The molecule has 0 saturated heterocycles. The van der Waals surface area contributed by atoms with E-state index in [1.807, 2.05) is 6.08 Å². The van der Waals surface area contributed by atoms with Crippen molar-refractivity contribution in [2.75, 3.05) is 13.2 Å². The summed E-state index contributed by atoms with van der Waals surface area (Å²) in [6, 6.07) is -0.628. The highest BCUT2D eigenvalue weighted by Gasteiger charge is 2.18. The Morgan fingerprint density at radius 1 is 0.360 bits per heavy atom. The van der Waals surface area contributed by atoms with E-state index in [9.17, 15) is 19.8 Å². The second-order valence-electron chi connectivity index (χ2n) is 23.5. The molecule has 0 bridgehead atoms. The molecule has 2 atom stereocenters. The first-order chi connectivity index (χ1) is 37.0. The molecule has 0 fully saturated rings. The Labute approximate surface area is 469 Å². The lowest BCUT2D eigenvalue weighted by Gasteiger charge is -2.20. The molecule has 6 heteroatoms. The van der Waals surface area contributed by atoms with Crippen LogP contribution in [0.5, 0.6) is 0 Å². The third kappa shape index (κ3) is 61.4. The summed E-state index contributed by atoms with van der Waals surface area (Å²) in [6.45, 7) is 4.93. The van der Waals surface area contributed by atoms with E-state index in [-0.39, 0.29) is 18.5 Å². The van der Waals surface area contributed by atoms with Gasteiger partial charge in [0.25, 0.3) is 0 Å². The van der Waals surface area contributed by atoms with Gasteiger partial charge in [0, 0.05) is 12.8 Å². The molecule has 0 aromatic carbocycles. The third-order valence-corrected chi connectivity index (χ3v) is 16.0. The van der Waals surface area contributed by atoms with Crippen molar-refractivity contribution in [2.24, 2.45) is 0 Å². The van der Waals surface area contributed by atoms with E-state index < -0.39 is 12.1 Å². The molecule has 6 nitrogen and oxygen atoms in total. The summed E-state index contributed by atoms with van der Waals surface area (Å²) in [5.74, 6) is -0.0546. The highest BCUT2D eigenvalue weighted by molar-refractivity contribution is 5.76. The van der Waals surface area contributed by atoms with Crippen molar-refractivity contribution in [1.29, 1.82) is 0 Å². The molecular weight excluding hydrogens is 923 g/mol. The van der Waals surface area contributed by atoms with Crippen molar-refractivity contribution in [3.8, 4) is 0 Å². The summed E-state index contributed by atoms with van der Waals surface area (Å²) >= 11 is 0. The number of rotatable bonds is 64. The minimum atomic E-state index is -0.845. The van der Waals surface area contributed by atoms with Crippen LogP contribution in [0.2, 0.25) is 0 Å². The van der Waals surface area contributed by atoms with Crippen LogP contribution in [0.3, 0.4) is 0 Å². The molecule has 0 aliphatic heterocycles. The first kappa shape index (κ1) is 73.3. The van der Waals surface area contributed by atoms with E-state index in [2.05, 4.69) is 31.3 Å². The highest BCUT2D eigenvalue weighted by atomic mass is 16.5.